The van der Waals surface area contributed by atoms with E-state index in [1.165, 1.54) is 0 Å². The Hall–Kier alpha value is -0.150. The number of halogens is 1. The molecule has 1 N–H and O–H groups in total. The molecule has 11 heavy (non-hydrogen) atoms. The molecule has 0 aliphatic carbocycles. The number of thiol groups is 1. The molecule has 0 radical (unpaired) electrons. The highest BCUT2D eigenvalue weighted by Gasteiger charge is 1.89. The predicted octanol–water partition coefficient (Wildman–Crippen LogP) is 2.79. The van der Waals surface area contributed by atoms with Crippen molar-refractivity contribution in [2.45, 2.75) is 0 Å². The zero-order chi connectivity index (χ0) is 8.10. The molecule has 1 aromatic rings. The molecule has 0 unspecified atom stereocenters. The van der Waals surface area contributed by atoms with Gasteiger partial charge in [0.25, 0.3) is 0 Å². The Morgan fingerprint density at radius 1 is 1.45 bits per heavy atom. The predicted molar refractivity (Wildman–Crippen MR) is 56.5 cm³/mol. The largest absolute Gasteiger partial charge is 0.384 e. The Balaban J connectivity index is 2.56. The van der Waals surface area contributed by atoms with Gasteiger partial charge in [0.2, 0.25) is 0 Å². The van der Waals surface area contributed by atoms with Crippen LogP contribution in [0.25, 0.3) is 0 Å². The van der Waals surface area contributed by atoms with Crippen LogP contribution < -0.4 is 5.32 Å². The SMILES string of the molecule is SCCNc1cccc(Br)c1. The number of hydrogen-bond donors (Lipinski definition) is 2. The van der Waals surface area contributed by atoms with Crippen molar-refractivity contribution in [3.63, 3.8) is 0 Å². The van der Waals surface area contributed by atoms with Crippen molar-refractivity contribution in [1.82, 2.24) is 0 Å². The van der Waals surface area contributed by atoms with Gasteiger partial charge in [-0.1, -0.05) is 22.0 Å². The monoisotopic (exact) mass is 231 g/mol. The first-order valence-corrected chi connectivity index (χ1v) is 4.86. The molecule has 0 fully saturated rings. The second kappa shape index (κ2) is 4.67. The highest BCUT2D eigenvalue weighted by atomic mass is 79.9. The van der Waals surface area contributed by atoms with E-state index in [9.17, 15) is 0 Å². The van der Waals surface area contributed by atoms with Crippen molar-refractivity contribution < 1.29 is 0 Å². The second-order valence-electron chi connectivity index (χ2n) is 2.16. The van der Waals surface area contributed by atoms with E-state index in [0.717, 1.165) is 22.5 Å². The maximum Gasteiger partial charge on any atom is 0.0351 e. The summed E-state index contributed by atoms with van der Waals surface area (Å²) in [6.07, 6.45) is 0. The summed E-state index contributed by atoms with van der Waals surface area (Å²) < 4.78 is 1.10. The second-order valence-corrected chi connectivity index (χ2v) is 3.52. The summed E-state index contributed by atoms with van der Waals surface area (Å²) in [6, 6.07) is 8.09. The van der Waals surface area contributed by atoms with Crippen LogP contribution >= 0.6 is 28.6 Å². The molecule has 0 saturated carbocycles. The number of hydrogen-bond acceptors (Lipinski definition) is 2. The molecule has 1 nitrogen and oxygen atoms in total. The van der Waals surface area contributed by atoms with Crippen LogP contribution in [0.2, 0.25) is 0 Å². The summed E-state index contributed by atoms with van der Waals surface area (Å²) in [5.74, 6) is 0.854. The van der Waals surface area contributed by atoms with Gasteiger partial charge in [-0.3, -0.25) is 0 Å². The van der Waals surface area contributed by atoms with Crippen molar-refractivity contribution in [3.8, 4) is 0 Å². The van der Waals surface area contributed by atoms with Crippen molar-refractivity contribution in [1.29, 1.82) is 0 Å². The normalized spacial score (nSPS) is 9.64. The van der Waals surface area contributed by atoms with Crippen LogP contribution in [0.4, 0.5) is 5.69 Å². The quantitative estimate of drug-likeness (QED) is 0.763. The third-order valence-corrected chi connectivity index (χ3v) is 1.98. The minimum atomic E-state index is 0.854. The van der Waals surface area contributed by atoms with E-state index in [1.807, 2.05) is 24.3 Å². The van der Waals surface area contributed by atoms with Crippen LogP contribution in [0.3, 0.4) is 0 Å². The van der Waals surface area contributed by atoms with Gasteiger partial charge in [-0.25, -0.2) is 0 Å². The van der Waals surface area contributed by atoms with Crippen LogP contribution in [0.1, 0.15) is 0 Å². The van der Waals surface area contributed by atoms with E-state index in [-0.39, 0.29) is 0 Å². The van der Waals surface area contributed by atoms with Crippen molar-refractivity contribution in [2.24, 2.45) is 0 Å². The van der Waals surface area contributed by atoms with E-state index in [1.54, 1.807) is 0 Å². The summed E-state index contributed by atoms with van der Waals surface area (Å²) in [7, 11) is 0. The fraction of sp³-hybridized carbons (Fsp3) is 0.250. The van der Waals surface area contributed by atoms with Crippen molar-refractivity contribution in [2.75, 3.05) is 17.6 Å². The smallest absolute Gasteiger partial charge is 0.0351 e. The van der Waals surface area contributed by atoms with Crippen LogP contribution in [-0.4, -0.2) is 12.3 Å². The number of benzene rings is 1. The van der Waals surface area contributed by atoms with E-state index < -0.39 is 0 Å². The molecular formula is C8H10BrNS. The van der Waals surface area contributed by atoms with E-state index in [4.69, 9.17) is 0 Å². The van der Waals surface area contributed by atoms with E-state index >= 15 is 0 Å². The van der Waals surface area contributed by atoms with Crippen LogP contribution in [0, 0.1) is 0 Å². The Bertz CT molecular complexity index is 227. The average Bonchev–Trinajstić information content (AvgIpc) is 2.01. The Morgan fingerprint density at radius 3 is 2.91 bits per heavy atom. The lowest BCUT2D eigenvalue weighted by Gasteiger charge is -2.03. The first kappa shape index (κ1) is 8.94. The zero-order valence-electron chi connectivity index (χ0n) is 6.05. The van der Waals surface area contributed by atoms with E-state index in [0.29, 0.717) is 0 Å². The highest BCUT2D eigenvalue weighted by Crippen LogP contribution is 2.14. The topological polar surface area (TPSA) is 12.0 Å². The summed E-state index contributed by atoms with van der Waals surface area (Å²) in [4.78, 5) is 0. The molecule has 0 aliphatic rings. The Kier molecular flexibility index (Phi) is 3.80. The maximum atomic E-state index is 4.10. The number of nitrogens with one attached hydrogen (secondary N) is 1. The molecule has 0 aliphatic heterocycles. The first-order valence-electron chi connectivity index (χ1n) is 3.43. The summed E-state index contributed by atoms with van der Waals surface area (Å²) in [5, 5.41) is 3.23. The fourth-order valence-electron chi connectivity index (χ4n) is 0.799. The minimum absolute atomic E-state index is 0.854. The molecular weight excluding hydrogens is 222 g/mol. The molecule has 0 spiro atoms. The van der Waals surface area contributed by atoms with Crippen LogP contribution in [0.5, 0.6) is 0 Å². The third-order valence-electron chi connectivity index (χ3n) is 1.27. The third kappa shape index (κ3) is 3.16. The molecule has 3 heteroatoms. The highest BCUT2D eigenvalue weighted by molar-refractivity contribution is 9.10. The number of anilines is 1. The van der Waals surface area contributed by atoms with Gasteiger partial charge in [0.05, 0.1) is 0 Å². The van der Waals surface area contributed by atoms with Gasteiger partial charge >= 0.3 is 0 Å². The molecule has 0 bridgehead atoms. The molecule has 60 valence electrons. The van der Waals surface area contributed by atoms with E-state index in [2.05, 4.69) is 33.9 Å². The summed E-state index contributed by atoms with van der Waals surface area (Å²) in [5.41, 5.74) is 1.13. The number of rotatable bonds is 3. The molecule has 1 rings (SSSR count). The van der Waals surface area contributed by atoms with Gasteiger partial charge in [0, 0.05) is 22.5 Å². The summed E-state index contributed by atoms with van der Waals surface area (Å²) >= 11 is 7.50. The molecule has 0 saturated heterocycles. The molecule has 0 aromatic heterocycles. The molecule has 0 amide bonds. The van der Waals surface area contributed by atoms with Gasteiger partial charge in [0.1, 0.15) is 0 Å². The first-order chi connectivity index (χ1) is 5.33. The van der Waals surface area contributed by atoms with Gasteiger partial charge in [-0.05, 0) is 18.2 Å². The average molecular weight is 232 g/mol. The lowest BCUT2D eigenvalue weighted by atomic mass is 10.3. The maximum absolute atomic E-state index is 4.10. The lowest BCUT2D eigenvalue weighted by Crippen LogP contribution is -2.01. The Morgan fingerprint density at radius 2 is 2.27 bits per heavy atom. The molecule has 1 aromatic carbocycles. The molecule has 0 atom stereocenters. The van der Waals surface area contributed by atoms with Crippen LogP contribution in [0.15, 0.2) is 28.7 Å². The minimum Gasteiger partial charge on any atom is -0.384 e. The van der Waals surface area contributed by atoms with Gasteiger partial charge in [-0.2, -0.15) is 12.6 Å². The standard InChI is InChI=1S/C8H10BrNS/c9-7-2-1-3-8(6-7)10-4-5-11/h1-3,6,10-11H,4-5H2. The summed E-state index contributed by atoms with van der Waals surface area (Å²) in [6.45, 7) is 0.902. The lowest BCUT2D eigenvalue weighted by molar-refractivity contribution is 1.23. The zero-order valence-corrected chi connectivity index (χ0v) is 8.53. The van der Waals surface area contributed by atoms with Gasteiger partial charge in [-0.15, -0.1) is 0 Å². The van der Waals surface area contributed by atoms with Crippen molar-refractivity contribution >= 4 is 34.2 Å². The molecule has 0 heterocycles. The van der Waals surface area contributed by atoms with Gasteiger partial charge < -0.3 is 5.32 Å². The fourth-order valence-corrected chi connectivity index (χ4v) is 1.31. The Labute approximate surface area is 80.7 Å². The van der Waals surface area contributed by atoms with Crippen LogP contribution in [-0.2, 0) is 0 Å². The van der Waals surface area contributed by atoms with Crippen molar-refractivity contribution in [3.05, 3.63) is 28.7 Å². The van der Waals surface area contributed by atoms with Gasteiger partial charge in [0.15, 0.2) is 0 Å².